The molecule has 1 aromatic carbocycles. The molecule has 1 nitrogen and oxygen atoms in total. The van der Waals surface area contributed by atoms with E-state index in [-0.39, 0.29) is 9.92 Å². The molecule has 0 N–H and O–H groups in total. The van der Waals surface area contributed by atoms with Crippen LogP contribution >= 0.6 is 55.2 Å². The van der Waals surface area contributed by atoms with E-state index in [1.54, 1.807) is 22.2 Å². The molecule has 0 bridgehead atoms. The molecule has 0 atom stereocenters. The Morgan fingerprint density at radius 2 is 1.83 bits per heavy atom. The van der Waals surface area contributed by atoms with Gasteiger partial charge in [-0.15, -0.1) is 11.8 Å². The van der Waals surface area contributed by atoms with Crippen molar-refractivity contribution >= 4 is 55.2 Å². The van der Waals surface area contributed by atoms with Gasteiger partial charge in [0.1, 0.15) is 5.75 Å². The van der Waals surface area contributed by atoms with Gasteiger partial charge in [0, 0.05) is 20.4 Å². The summed E-state index contributed by atoms with van der Waals surface area (Å²) in [7, 11) is 0. The maximum Gasteiger partial charge on any atom is 0.475 e. The Bertz CT molecular complexity index is 453. The molecule has 0 radical (unpaired) electrons. The molecular weight excluding hydrogens is 427 g/mol. The summed E-state index contributed by atoms with van der Waals surface area (Å²) in [6.45, 7) is 0. The number of hydrogen-bond acceptors (Lipinski definition) is 2. The summed E-state index contributed by atoms with van der Waals surface area (Å²) in [5, 5.41) is 0.119. The molecule has 0 aliphatic rings. The third kappa shape index (κ3) is 3.46. The molecule has 9 heteroatoms. The van der Waals surface area contributed by atoms with E-state index in [0.29, 0.717) is 4.47 Å². The predicted octanol–water partition coefficient (Wildman–Crippen LogP) is 5.78. The quantitative estimate of drug-likeness (QED) is 0.339. The summed E-state index contributed by atoms with van der Waals surface area (Å²) in [6.07, 6.45) is -3.13. The molecule has 0 spiro atoms. The molecule has 0 aromatic heterocycles. The normalized spacial score (nSPS) is 12.7. The monoisotopic (exact) mass is 430 g/mol. The molecule has 1 aromatic rings. The highest BCUT2D eigenvalue weighted by atomic mass is 79.9. The van der Waals surface area contributed by atoms with E-state index in [1.165, 1.54) is 6.07 Å². The minimum Gasteiger partial charge on any atom is -0.426 e. The summed E-state index contributed by atoms with van der Waals surface area (Å²) in [4.78, 5) is -4.34. The molecular formula is C9H5Br2ClF4OS. The first-order chi connectivity index (χ1) is 8.10. The minimum absolute atomic E-state index is 0.119. The summed E-state index contributed by atoms with van der Waals surface area (Å²) >= 11 is 11.5. The Labute approximate surface area is 126 Å². The minimum atomic E-state index is -4.69. The van der Waals surface area contributed by atoms with Crippen molar-refractivity contribution in [3.63, 3.8) is 0 Å². The highest BCUT2D eigenvalue weighted by molar-refractivity contribution is 9.10. The number of halogens is 7. The van der Waals surface area contributed by atoms with E-state index in [1.807, 2.05) is 0 Å². The Balaban J connectivity index is 3.17. The van der Waals surface area contributed by atoms with Gasteiger partial charge in [0.2, 0.25) is 0 Å². The number of ether oxygens (including phenoxy) is 1. The number of rotatable bonds is 4. The van der Waals surface area contributed by atoms with Crippen molar-refractivity contribution in [3.8, 4) is 5.75 Å². The SMILES string of the molecule is CSc1c(OC(F)(F)C(F)(F)Br)ccc(Br)c1Cl. The van der Waals surface area contributed by atoms with Crippen LogP contribution in [0.2, 0.25) is 5.02 Å². The molecule has 18 heavy (non-hydrogen) atoms. The Kier molecular flexibility index (Phi) is 5.25. The van der Waals surface area contributed by atoms with Crippen LogP contribution < -0.4 is 4.74 Å². The molecule has 0 unspecified atom stereocenters. The van der Waals surface area contributed by atoms with E-state index >= 15 is 0 Å². The maximum atomic E-state index is 13.1. The number of alkyl halides is 5. The van der Waals surface area contributed by atoms with E-state index in [4.69, 9.17) is 11.6 Å². The van der Waals surface area contributed by atoms with Crippen molar-refractivity contribution in [1.29, 1.82) is 0 Å². The molecule has 0 fully saturated rings. The summed E-state index contributed by atoms with van der Waals surface area (Å²) < 4.78 is 55.9. The predicted molar refractivity (Wildman–Crippen MR) is 70.4 cm³/mol. The smallest absolute Gasteiger partial charge is 0.426 e. The largest absolute Gasteiger partial charge is 0.475 e. The summed E-state index contributed by atoms with van der Waals surface area (Å²) in [6, 6.07) is 2.47. The number of thioether (sulfide) groups is 1. The van der Waals surface area contributed by atoms with Crippen molar-refractivity contribution in [3.05, 3.63) is 21.6 Å². The average molecular weight is 432 g/mol. The molecule has 0 amide bonds. The fourth-order valence-electron chi connectivity index (χ4n) is 0.981. The van der Waals surface area contributed by atoms with Crippen LogP contribution in [0.3, 0.4) is 0 Å². The second-order valence-electron chi connectivity index (χ2n) is 3.01. The van der Waals surface area contributed by atoms with Crippen molar-refractivity contribution in [1.82, 2.24) is 0 Å². The molecule has 102 valence electrons. The van der Waals surface area contributed by atoms with Gasteiger partial charge in [-0.3, -0.25) is 0 Å². The molecule has 0 saturated carbocycles. The van der Waals surface area contributed by atoms with E-state index in [9.17, 15) is 17.6 Å². The van der Waals surface area contributed by atoms with Crippen molar-refractivity contribution < 1.29 is 22.3 Å². The van der Waals surface area contributed by atoms with Gasteiger partial charge in [-0.25, -0.2) is 0 Å². The van der Waals surface area contributed by atoms with Gasteiger partial charge >= 0.3 is 10.9 Å². The second-order valence-corrected chi connectivity index (χ2v) is 6.05. The lowest BCUT2D eigenvalue weighted by atomic mass is 10.3. The zero-order valence-corrected chi connectivity index (χ0v) is 13.4. The molecule has 0 aliphatic carbocycles. The Hall–Kier alpha value is 0.340. The fraction of sp³-hybridized carbons (Fsp3) is 0.333. The first-order valence-electron chi connectivity index (χ1n) is 4.25. The molecule has 0 aliphatic heterocycles. The zero-order valence-electron chi connectivity index (χ0n) is 8.62. The van der Waals surface area contributed by atoms with Crippen LogP contribution in [-0.4, -0.2) is 17.2 Å². The third-order valence-corrected chi connectivity index (χ3v) is 4.46. The van der Waals surface area contributed by atoms with Gasteiger partial charge in [-0.05, 0) is 34.3 Å². The fourth-order valence-corrected chi connectivity index (χ4v) is 2.51. The molecule has 0 saturated heterocycles. The highest BCUT2D eigenvalue weighted by Gasteiger charge is 2.58. The second kappa shape index (κ2) is 5.76. The maximum absolute atomic E-state index is 13.1. The van der Waals surface area contributed by atoms with Gasteiger partial charge in [-0.2, -0.15) is 17.6 Å². The topological polar surface area (TPSA) is 9.23 Å². The van der Waals surface area contributed by atoms with Gasteiger partial charge in [-0.1, -0.05) is 11.6 Å². The first kappa shape index (κ1) is 16.4. The summed E-state index contributed by atoms with van der Waals surface area (Å²) in [5.41, 5.74) is 0. The third-order valence-electron chi connectivity index (χ3n) is 1.79. The van der Waals surface area contributed by atoms with Crippen LogP contribution in [0, 0.1) is 0 Å². The van der Waals surface area contributed by atoms with Gasteiger partial charge < -0.3 is 4.74 Å². The van der Waals surface area contributed by atoms with Crippen LogP contribution in [0.5, 0.6) is 5.75 Å². The van der Waals surface area contributed by atoms with Gasteiger partial charge in [0.05, 0.1) is 9.92 Å². The Morgan fingerprint density at radius 3 is 2.28 bits per heavy atom. The van der Waals surface area contributed by atoms with Crippen molar-refractivity contribution in [2.45, 2.75) is 15.8 Å². The van der Waals surface area contributed by atoms with E-state index in [2.05, 4.69) is 20.7 Å². The zero-order chi connectivity index (χ0) is 14.1. The number of hydrogen-bond donors (Lipinski definition) is 0. The lowest BCUT2D eigenvalue weighted by Crippen LogP contribution is -2.40. The average Bonchev–Trinajstić information content (AvgIpc) is 2.22. The van der Waals surface area contributed by atoms with Crippen molar-refractivity contribution in [2.24, 2.45) is 0 Å². The Morgan fingerprint density at radius 1 is 1.28 bits per heavy atom. The van der Waals surface area contributed by atoms with Gasteiger partial charge in [0.15, 0.2) is 0 Å². The summed E-state index contributed by atoms with van der Waals surface area (Å²) in [5.74, 6) is -0.417. The van der Waals surface area contributed by atoms with Crippen LogP contribution in [0.1, 0.15) is 0 Å². The standard InChI is InChI=1S/C9H5Br2ClF4OS/c1-18-7-5(3-2-4(10)6(7)12)17-9(15,16)8(11,13)14/h2-3H,1H3. The first-order valence-corrected chi connectivity index (χ1v) is 7.44. The molecule has 1 rings (SSSR count). The van der Waals surface area contributed by atoms with Crippen LogP contribution in [-0.2, 0) is 0 Å². The van der Waals surface area contributed by atoms with Crippen LogP contribution in [0.15, 0.2) is 21.5 Å². The van der Waals surface area contributed by atoms with E-state index in [0.717, 1.165) is 17.8 Å². The highest BCUT2D eigenvalue weighted by Crippen LogP contribution is 2.45. The van der Waals surface area contributed by atoms with Crippen LogP contribution in [0.25, 0.3) is 0 Å². The molecule has 0 heterocycles. The lowest BCUT2D eigenvalue weighted by molar-refractivity contribution is -0.267. The van der Waals surface area contributed by atoms with Gasteiger partial charge in [0.25, 0.3) is 0 Å². The van der Waals surface area contributed by atoms with E-state index < -0.39 is 16.7 Å². The number of benzene rings is 1. The lowest BCUT2D eigenvalue weighted by Gasteiger charge is -2.23. The van der Waals surface area contributed by atoms with Crippen LogP contribution in [0.4, 0.5) is 17.6 Å². The van der Waals surface area contributed by atoms with Crippen molar-refractivity contribution in [2.75, 3.05) is 6.26 Å².